The van der Waals surface area contributed by atoms with Crippen LogP contribution in [0.2, 0.25) is 10.3 Å². The summed E-state index contributed by atoms with van der Waals surface area (Å²) in [6, 6.07) is 3.84. The Kier molecular flexibility index (Phi) is 3.68. The lowest BCUT2D eigenvalue weighted by Gasteiger charge is -2.02. The highest BCUT2D eigenvalue weighted by atomic mass is 35.5. The van der Waals surface area contributed by atoms with Crippen molar-refractivity contribution in [3.63, 3.8) is 0 Å². The summed E-state index contributed by atoms with van der Waals surface area (Å²) < 4.78 is 0. The van der Waals surface area contributed by atoms with Gasteiger partial charge in [0.1, 0.15) is 16.0 Å². The first-order valence-corrected chi connectivity index (χ1v) is 5.64. The normalized spacial score (nSPS) is 10.2. The molecule has 0 atom stereocenters. The van der Waals surface area contributed by atoms with Crippen molar-refractivity contribution in [2.45, 2.75) is 0 Å². The number of rotatable bonds is 3. The zero-order valence-corrected chi connectivity index (χ0v) is 10.7. The summed E-state index contributed by atoms with van der Waals surface area (Å²) >= 11 is 11.3. The SMILES string of the molecule is O=C(Nc1cc(C(=O)O)[nH]n1)c1cc(Cl)nc(Cl)c1. The zero-order chi connectivity index (χ0) is 14.0. The third-order valence-corrected chi connectivity index (χ3v) is 2.46. The molecule has 0 aliphatic heterocycles. The van der Waals surface area contributed by atoms with Crippen molar-refractivity contribution in [2.75, 3.05) is 5.32 Å². The Bertz CT molecular complexity index is 636. The van der Waals surface area contributed by atoms with Crippen molar-refractivity contribution < 1.29 is 14.7 Å². The van der Waals surface area contributed by atoms with Gasteiger partial charge in [0.15, 0.2) is 5.82 Å². The van der Waals surface area contributed by atoms with E-state index < -0.39 is 11.9 Å². The number of hydrogen-bond acceptors (Lipinski definition) is 4. The predicted molar refractivity (Wildman–Crippen MR) is 67.8 cm³/mol. The van der Waals surface area contributed by atoms with Gasteiger partial charge in [0.05, 0.1) is 0 Å². The van der Waals surface area contributed by atoms with Gasteiger partial charge in [0.25, 0.3) is 5.91 Å². The summed E-state index contributed by atoms with van der Waals surface area (Å²) in [5, 5.41) is 17.1. The van der Waals surface area contributed by atoms with E-state index in [0.717, 1.165) is 0 Å². The van der Waals surface area contributed by atoms with Gasteiger partial charge in [-0.1, -0.05) is 23.2 Å². The monoisotopic (exact) mass is 300 g/mol. The summed E-state index contributed by atoms with van der Waals surface area (Å²) in [6.07, 6.45) is 0. The highest BCUT2D eigenvalue weighted by Crippen LogP contribution is 2.16. The van der Waals surface area contributed by atoms with Crippen LogP contribution in [0.4, 0.5) is 5.82 Å². The Morgan fingerprint density at radius 2 is 1.84 bits per heavy atom. The van der Waals surface area contributed by atoms with Gasteiger partial charge in [-0.15, -0.1) is 0 Å². The quantitative estimate of drug-likeness (QED) is 0.752. The number of carboxylic acid groups (broad SMARTS) is 1. The van der Waals surface area contributed by atoms with Gasteiger partial charge in [0, 0.05) is 11.6 Å². The second kappa shape index (κ2) is 5.25. The Morgan fingerprint density at radius 3 is 2.37 bits per heavy atom. The third kappa shape index (κ3) is 3.21. The molecule has 0 saturated heterocycles. The fraction of sp³-hybridized carbons (Fsp3) is 0. The highest BCUT2D eigenvalue weighted by Gasteiger charge is 2.12. The highest BCUT2D eigenvalue weighted by molar-refractivity contribution is 6.33. The van der Waals surface area contributed by atoms with Crippen molar-refractivity contribution >= 4 is 40.9 Å². The second-order valence-electron chi connectivity index (χ2n) is 3.43. The lowest BCUT2D eigenvalue weighted by Crippen LogP contribution is -2.12. The number of amides is 1. The van der Waals surface area contributed by atoms with E-state index in [2.05, 4.69) is 20.5 Å². The van der Waals surface area contributed by atoms with Gasteiger partial charge in [-0.2, -0.15) is 5.10 Å². The van der Waals surface area contributed by atoms with Crippen LogP contribution in [0.5, 0.6) is 0 Å². The molecule has 7 nitrogen and oxygen atoms in total. The van der Waals surface area contributed by atoms with Crippen LogP contribution in [-0.4, -0.2) is 32.2 Å². The van der Waals surface area contributed by atoms with Crippen molar-refractivity contribution in [2.24, 2.45) is 0 Å². The summed E-state index contributed by atoms with van der Waals surface area (Å²) in [5.41, 5.74) is 0.0472. The van der Waals surface area contributed by atoms with Crippen molar-refractivity contribution in [1.29, 1.82) is 0 Å². The topological polar surface area (TPSA) is 108 Å². The van der Waals surface area contributed by atoms with E-state index in [0.29, 0.717) is 0 Å². The lowest BCUT2D eigenvalue weighted by molar-refractivity contribution is 0.0690. The second-order valence-corrected chi connectivity index (χ2v) is 4.20. The number of nitrogens with one attached hydrogen (secondary N) is 2. The van der Waals surface area contributed by atoms with Gasteiger partial charge < -0.3 is 10.4 Å². The molecule has 19 heavy (non-hydrogen) atoms. The molecule has 2 aromatic rings. The summed E-state index contributed by atoms with van der Waals surface area (Å²) in [6.45, 7) is 0. The number of carbonyl (C=O) groups excluding carboxylic acids is 1. The molecule has 9 heteroatoms. The van der Waals surface area contributed by atoms with E-state index in [4.69, 9.17) is 28.3 Å². The van der Waals surface area contributed by atoms with Gasteiger partial charge in [0.2, 0.25) is 0 Å². The van der Waals surface area contributed by atoms with Crippen molar-refractivity contribution in [1.82, 2.24) is 15.2 Å². The van der Waals surface area contributed by atoms with Gasteiger partial charge in [-0.25, -0.2) is 9.78 Å². The Labute approximate surface area is 116 Å². The molecule has 98 valence electrons. The van der Waals surface area contributed by atoms with E-state index in [-0.39, 0.29) is 27.4 Å². The van der Waals surface area contributed by atoms with Crippen molar-refractivity contribution in [3.05, 3.63) is 39.8 Å². The Balaban J connectivity index is 2.18. The van der Waals surface area contributed by atoms with E-state index >= 15 is 0 Å². The summed E-state index contributed by atoms with van der Waals surface area (Å²) in [5.74, 6) is -1.64. The number of halogens is 2. The molecule has 0 aliphatic rings. The van der Waals surface area contributed by atoms with Crippen LogP contribution in [-0.2, 0) is 0 Å². The number of carboxylic acids is 1. The number of aromatic carboxylic acids is 1. The average molecular weight is 301 g/mol. The number of nitrogens with zero attached hydrogens (tertiary/aromatic N) is 2. The first kappa shape index (κ1) is 13.3. The molecule has 2 rings (SSSR count). The van der Waals surface area contributed by atoms with Crippen LogP contribution in [0.15, 0.2) is 18.2 Å². The van der Waals surface area contributed by atoms with Gasteiger partial charge in [-0.3, -0.25) is 9.89 Å². The largest absolute Gasteiger partial charge is 0.477 e. The van der Waals surface area contributed by atoms with Gasteiger partial charge >= 0.3 is 5.97 Å². The molecule has 2 aromatic heterocycles. The van der Waals surface area contributed by atoms with Gasteiger partial charge in [-0.05, 0) is 12.1 Å². The Hall–Kier alpha value is -2.12. The van der Waals surface area contributed by atoms with E-state index in [1.807, 2.05) is 0 Å². The molecule has 0 unspecified atom stereocenters. The maximum absolute atomic E-state index is 11.8. The number of aromatic nitrogens is 3. The third-order valence-electron chi connectivity index (χ3n) is 2.07. The minimum atomic E-state index is -1.18. The average Bonchev–Trinajstić information content (AvgIpc) is 2.76. The maximum atomic E-state index is 11.8. The molecule has 2 heterocycles. The Morgan fingerprint density at radius 1 is 1.21 bits per heavy atom. The smallest absolute Gasteiger partial charge is 0.353 e. The van der Waals surface area contributed by atoms with E-state index in [9.17, 15) is 9.59 Å². The summed E-state index contributed by atoms with van der Waals surface area (Å²) in [4.78, 5) is 26.2. The van der Waals surface area contributed by atoms with Crippen LogP contribution >= 0.6 is 23.2 Å². The molecule has 0 aromatic carbocycles. The standard InChI is InChI=1S/C10H6Cl2N4O3/c11-6-1-4(2-7(12)13-6)9(17)14-8-3-5(10(18)19)15-16-8/h1-3H,(H,18,19)(H2,14,15,16,17). The summed E-state index contributed by atoms with van der Waals surface area (Å²) in [7, 11) is 0. The first-order valence-electron chi connectivity index (χ1n) is 4.89. The molecule has 0 spiro atoms. The fourth-order valence-electron chi connectivity index (χ4n) is 1.28. The molecule has 0 bridgehead atoms. The first-order chi connectivity index (χ1) is 8.95. The minimum absolute atomic E-state index is 0.0749. The predicted octanol–water partition coefficient (Wildman–Crippen LogP) is 2.06. The molecule has 0 saturated carbocycles. The molecular formula is C10H6Cl2N4O3. The molecule has 3 N–H and O–H groups in total. The molecule has 0 aliphatic carbocycles. The fourth-order valence-corrected chi connectivity index (χ4v) is 1.74. The van der Waals surface area contributed by atoms with Crippen LogP contribution in [0.25, 0.3) is 0 Å². The van der Waals surface area contributed by atoms with Crippen LogP contribution in [0.3, 0.4) is 0 Å². The van der Waals surface area contributed by atoms with E-state index in [1.54, 1.807) is 0 Å². The molecule has 0 radical (unpaired) electrons. The van der Waals surface area contributed by atoms with Crippen LogP contribution in [0, 0.1) is 0 Å². The van der Waals surface area contributed by atoms with Crippen LogP contribution < -0.4 is 5.32 Å². The zero-order valence-electron chi connectivity index (χ0n) is 9.15. The number of carbonyl (C=O) groups is 2. The minimum Gasteiger partial charge on any atom is -0.477 e. The molecule has 0 fully saturated rings. The lowest BCUT2D eigenvalue weighted by atomic mass is 10.2. The van der Waals surface area contributed by atoms with E-state index in [1.165, 1.54) is 18.2 Å². The number of aromatic amines is 1. The van der Waals surface area contributed by atoms with Crippen molar-refractivity contribution in [3.8, 4) is 0 Å². The molecule has 1 amide bonds. The number of hydrogen-bond donors (Lipinski definition) is 3. The number of anilines is 1. The maximum Gasteiger partial charge on any atom is 0.353 e. The number of H-pyrrole nitrogens is 1. The van der Waals surface area contributed by atoms with Crippen LogP contribution in [0.1, 0.15) is 20.8 Å². The number of pyridine rings is 1. The molecular weight excluding hydrogens is 295 g/mol.